The highest BCUT2D eigenvalue weighted by molar-refractivity contribution is 9.10. The van der Waals surface area contributed by atoms with Crippen LogP contribution in [0.3, 0.4) is 0 Å². The van der Waals surface area contributed by atoms with Crippen molar-refractivity contribution < 1.29 is 14.1 Å². The van der Waals surface area contributed by atoms with Crippen molar-refractivity contribution in [2.75, 3.05) is 13.1 Å². The van der Waals surface area contributed by atoms with Gasteiger partial charge in [-0.1, -0.05) is 5.16 Å². The third-order valence-corrected chi connectivity index (χ3v) is 3.35. The van der Waals surface area contributed by atoms with Gasteiger partial charge in [-0.25, -0.2) is 4.79 Å². The minimum atomic E-state index is -0.459. The summed E-state index contributed by atoms with van der Waals surface area (Å²) in [7, 11) is 0. The first-order valence-corrected chi connectivity index (χ1v) is 7.24. The largest absolute Gasteiger partial charge is 0.444 e. The second kappa shape index (κ2) is 5.53. The van der Waals surface area contributed by atoms with Crippen LogP contribution in [0.15, 0.2) is 15.2 Å². The SMILES string of the molecule is CC(C)(C)OC(=O)N1CCCC(c2cc(Br)no2)C1. The number of carbonyl (C=O) groups excluding carboxylic acids is 1. The number of likely N-dealkylation sites (tertiary alicyclic amines) is 1. The van der Waals surface area contributed by atoms with E-state index in [0.29, 0.717) is 11.1 Å². The summed E-state index contributed by atoms with van der Waals surface area (Å²) >= 11 is 3.27. The highest BCUT2D eigenvalue weighted by Crippen LogP contribution is 2.29. The fourth-order valence-corrected chi connectivity index (χ4v) is 2.46. The molecule has 1 aliphatic heterocycles. The third-order valence-electron chi connectivity index (χ3n) is 2.98. The molecule has 1 amide bonds. The molecule has 2 heterocycles. The van der Waals surface area contributed by atoms with Crippen LogP contribution in [0, 0.1) is 0 Å². The maximum atomic E-state index is 12.0. The smallest absolute Gasteiger partial charge is 0.410 e. The zero-order chi connectivity index (χ0) is 14.0. The number of aromatic nitrogens is 1. The van der Waals surface area contributed by atoms with Crippen LogP contribution >= 0.6 is 15.9 Å². The van der Waals surface area contributed by atoms with E-state index in [2.05, 4.69) is 21.1 Å². The third kappa shape index (κ3) is 3.96. The number of halogens is 1. The van der Waals surface area contributed by atoms with Crippen LogP contribution in [0.5, 0.6) is 0 Å². The van der Waals surface area contributed by atoms with Crippen molar-refractivity contribution in [3.8, 4) is 0 Å². The molecule has 0 N–H and O–H groups in total. The second-order valence-electron chi connectivity index (χ2n) is 5.82. The molecule has 0 saturated carbocycles. The number of hydrogen-bond donors (Lipinski definition) is 0. The summed E-state index contributed by atoms with van der Waals surface area (Å²) in [6.07, 6.45) is 1.69. The van der Waals surface area contributed by atoms with Gasteiger partial charge in [-0.15, -0.1) is 0 Å². The summed E-state index contributed by atoms with van der Waals surface area (Å²) in [6.45, 7) is 6.98. The Kier molecular flexibility index (Phi) is 4.18. The van der Waals surface area contributed by atoms with E-state index in [1.54, 1.807) is 4.90 Å². The Balaban J connectivity index is 1.99. The Morgan fingerprint density at radius 1 is 1.58 bits per heavy atom. The van der Waals surface area contributed by atoms with E-state index in [-0.39, 0.29) is 12.0 Å². The summed E-state index contributed by atoms with van der Waals surface area (Å²) in [5.74, 6) is 1.01. The van der Waals surface area contributed by atoms with Crippen molar-refractivity contribution in [1.29, 1.82) is 0 Å². The predicted octanol–water partition coefficient (Wildman–Crippen LogP) is 3.55. The Morgan fingerprint density at radius 3 is 2.89 bits per heavy atom. The van der Waals surface area contributed by atoms with Gasteiger partial charge in [-0.2, -0.15) is 0 Å². The standard InChI is InChI=1S/C13H19BrN2O3/c1-13(2,3)18-12(17)16-6-4-5-9(8-16)10-7-11(14)15-19-10/h7,9H,4-6,8H2,1-3H3. The maximum absolute atomic E-state index is 12.0. The van der Waals surface area contributed by atoms with E-state index in [9.17, 15) is 4.79 Å². The summed E-state index contributed by atoms with van der Waals surface area (Å²) in [6, 6.07) is 1.86. The molecule has 1 atom stereocenters. The first kappa shape index (κ1) is 14.4. The highest BCUT2D eigenvalue weighted by Gasteiger charge is 2.30. The van der Waals surface area contributed by atoms with Crippen LogP contribution in [0.4, 0.5) is 4.79 Å². The van der Waals surface area contributed by atoms with Crippen molar-refractivity contribution in [2.24, 2.45) is 0 Å². The minimum Gasteiger partial charge on any atom is -0.444 e. The van der Waals surface area contributed by atoms with Crippen LogP contribution in [0.1, 0.15) is 45.3 Å². The molecule has 0 spiro atoms. The van der Waals surface area contributed by atoms with Gasteiger partial charge in [0.15, 0.2) is 0 Å². The number of amides is 1. The van der Waals surface area contributed by atoms with Gasteiger partial charge in [-0.05, 0) is 49.5 Å². The molecule has 1 fully saturated rings. The van der Waals surface area contributed by atoms with Gasteiger partial charge in [0, 0.05) is 25.1 Å². The Bertz CT molecular complexity index is 453. The molecule has 1 saturated heterocycles. The molecule has 106 valence electrons. The minimum absolute atomic E-state index is 0.195. The number of hydrogen-bond acceptors (Lipinski definition) is 4. The van der Waals surface area contributed by atoms with E-state index < -0.39 is 5.60 Å². The second-order valence-corrected chi connectivity index (χ2v) is 6.63. The van der Waals surface area contributed by atoms with Crippen LogP contribution in [-0.2, 0) is 4.74 Å². The topological polar surface area (TPSA) is 55.6 Å². The number of piperidine rings is 1. The highest BCUT2D eigenvalue weighted by atomic mass is 79.9. The molecule has 1 aliphatic rings. The van der Waals surface area contributed by atoms with Crippen molar-refractivity contribution in [3.63, 3.8) is 0 Å². The Labute approximate surface area is 121 Å². The molecule has 6 heteroatoms. The zero-order valence-corrected chi connectivity index (χ0v) is 13.1. The number of nitrogens with zero attached hydrogens (tertiary/aromatic N) is 2. The number of ether oxygens (including phenoxy) is 1. The van der Waals surface area contributed by atoms with Gasteiger partial charge in [0.05, 0.1) is 0 Å². The van der Waals surface area contributed by atoms with Crippen molar-refractivity contribution in [2.45, 2.75) is 45.1 Å². The van der Waals surface area contributed by atoms with Crippen LogP contribution in [0.2, 0.25) is 0 Å². The molecular weight excluding hydrogens is 312 g/mol. The van der Waals surface area contributed by atoms with Crippen LogP contribution in [-0.4, -0.2) is 34.8 Å². The van der Waals surface area contributed by atoms with Gasteiger partial charge in [0.1, 0.15) is 16.0 Å². The van der Waals surface area contributed by atoms with Gasteiger partial charge in [0.2, 0.25) is 0 Å². The van der Waals surface area contributed by atoms with E-state index in [4.69, 9.17) is 9.26 Å². The molecular formula is C13H19BrN2O3. The zero-order valence-electron chi connectivity index (χ0n) is 11.5. The number of rotatable bonds is 1. The monoisotopic (exact) mass is 330 g/mol. The van der Waals surface area contributed by atoms with Gasteiger partial charge < -0.3 is 14.2 Å². The van der Waals surface area contributed by atoms with Crippen molar-refractivity contribution in [3.05, 3.63) is 16.4 Å². The fourth-order valence-electron chi connectivity index (χ4n) is 2.16. The average Bonchev–Trinajstić information content (AvgIpc) is 2.74. The number of carbonyl (C=O) groups is 1. The molecule has 19 heavy (non-hydrogen) atoms. The predicted molar refractivity (Wildman–Crippen MR) is 74.0 cm³/mol. The summed E-state index contributed by atoms with van der Waals surface area (Å²) in [5, 5.41) is 3.83. The van der Waals surface area contributed by atoms with Crippen LogP contribution in [0.25, 0.3) is 0 Å². The quantitative estimate of drug-likeness (QED) is 0.790. The van der Waals surface area contributed by atoms with Crippen molar-refractivity contribution >= 4 is 22.0 Å². The summed E-state index contributed by atoms with van der Waals surface area (Å²) in [5.41, 5.74) is -0.459. The summed E-state index contributed by atoms with van der Waals surface area (Å²) < 4.78 is 11.3. The molecule has 0 radical (unpaired) electrons. The molecule has 0 aliphatic carbocycles. The molecule has 1 aromatic rings. The van der Waals surface area contributed by atoms with E-state index in [1.165, 1.54) is 0 Å². The lowest BCUT2D eigenvalue weighted by Crippen LogP contribution is -2.42. The molecule has 2 rings (SSSR count). The summed E-state index contributed by atoms with van der Waals surface area (Å²) in [4.78, 5) is 13.8. The van der Waals surface area contributed by atoms with E-state index in [1.807, 2.05) is 26.8 Å². The van der Waals surface area contributed by atoms with Crippen LogP contribution < -0.4 is 0 Å². The van der Waals surface area contributed by atoms with Crippen molar-refractivity contribution in [1.82, 2.24) is 10.1 Å². The fraction of sp³-hybridized carbons (Fsp3) is 0.692. The van der Waals surface area contributed by atoms with E-state index in [0.717, 1.165) is 25.1 Å². The molecule has 5 nitrogen and oxygen atoms in total. The molecule has 0 bridgehead atoms. The normalized spacial score (nSPS) is 20.4. The molecule has 0 aromatic carbocycles. The maximum Gasteiger partial charge on any atom is 0.410 e. The lowest BCUT2D eigenvalue weighted by molar-refractivity contribution is 0.0190. The van der Waals surface area contributed by atoms with E-state index >= 15 is 0 Å². The first-order valence-electron chi connectivity index (χ1n) is 6.45. The Morgan fingerprint density at radius 2 is 2.32 bits per heavy atom. The first-order chi connectivity index (χ1) is 8.85. The lowest BCUT2D eigenvalue weighted by atomic mass is 9.96. The van der Waals surface area contributed by atoms with Gasteiger partial charge in [-0.3, -0.25) is 0 Å². The van der Waals surface area contributed by atoms with Gasteiger partial charge in [0.25, 0.3) is 0 Å². The Hall–Kier alpha value is -1.04. The average molecular weight is 331 g/mol. The van der Waals surface area contributed by atoms with Gasteiger partial charge >= 0.3 is 6.09 Å². The molecule has 1 unspecified atom stereocenters. The molecule has 1 aromatic heterocycles. The lowest BCUT2D eigenvalue weighted by Gasteiger charge is -2.33.